The Morgan fingerprint density at radius 3 is 2.78 bits per heavy atom. The highest BCUT2D eigenvalue weighted by Crippen LogP contribution is 2.11. The molecule has 1 fully saturated rings. The van der Waals surface area contributed by atoms with E-state index >= 15 is 0 Å². The average molecular weight is 258 g/mol. The second kappa shape index (κ2) is 6.95. The molecule has 0 bridgehead atoms. The van der Waals surface area contributed by atoms with Gasteiger partial charge in [-0.1, -0.05) is 0 Å². The van der Waals surface area contributed by atoms with Crippen molar-refractivity contribution < 1.29 is 14.3 Å². The van der Waals surface area contributed by atoms with Crippen molar-refractivity contribution in [2.24, 2.45) is 0 Å². The highest BCUT2D eigenvalue weighted by atomic mass is 16.6. The Balaban J connectivity index is 2.31. The maximum atomic E-state index is 11.7. The predicted molar refractivity (Wildman–Crippen MR) is 70.7 cm³/mol. The van der Waals surface area contributed by atoms with Gasteiger partial charge in [0.15, 0.2) is 0 Å². The third-order valence-electron chi connectivity index (χ3n) is 2.84. The maximum Gasteiger partial charge on any atom is 0.407 e. The first-order valence-electron chi connectivity index (χ1n) is 6.61. The maximum absolute atomic E-state index is 11.7. The van der Waals surface area contributed by atoms with Gasteiger partial charge in [0.1, 0.15) is 5.60 Å². The number of alkyl carbamates (subject to hydrolysis) is 1. The Hall–Kier alpha value is -0.810. The lowest BCUT2D eigenvalue weighted by Gasteiger charge is -2.33. The monoisotopic (exact) mass is 258 g/mol. The molecule has 1 aliphatic heterocycles. The van der Waals surface area contributed by atoms with Crippen LogP contribution in [0.5, 0.6) is 0 Å². The third-order valence-corrected chi connectivity index (χ3v) is 2.84. The number of rotatable bonds is 4. The van der Waals surface area contributed by atoms with Crippen LogP contribution in [0.3, 0.4) is 0 Å². The van der Waals surface area contributed by atoms with Gasteiger partial charge in [0.05, 0.1) is 6.61 Å². The van der Waals surface area contributed by atoms with Gasteiger partial charge in [-0.25, -0.2) is 4.79 Å². The summed E-state index contributed by atoms with van der Waals surface area (Å²) in [5, 5.41) is 2.94. The topological polar surface area (TPSA) is 50.8 Å². The quantitative estimate of drug-likeness (QED) is 0.832. The Bertz CT molecular complexity index is 263. The minimum absolute atomic E-state index is 0.186. The molecule has 1 N–H and O–H groups in total. The summed E-state index contributed by atoms with van der Waals surface area (Å²) in [5.41, 5.74) is -0.436. The smallest absolute Gasteiger partial charge is 0.407 e. The zero-order valence-electron chi connectivity index (χ0n) is 12.0. The van der Waals surface area contributed by atoms with E-state index in [1.54, 1.807) is 7.11 Å². The Kier molecular flexibility index (Phi) is 5.88. The number of amides is 1. The van der Waals surface area contributed by atoms with Crippen LogP contribution in [0, 0.1) is 0 Å². The fourth-order valence-corrected chi connectivity index (χ4v) is 2.07. The normalized spacial score (nSPS) is 21.7. The van der Waals surface area contributed by atoms with Crippen LogP contribution in [0.2, 0.25) is 0 Å². The van der Waals surface area contributed by atoms with Gasteiger partial charge >= 0.3 is 6.09 Å². The number of nitrogens with zero attached hydrogens (tertiary/aromatic N) is 1. The molecule has 1 heterocycles. The molecule has 1 atom stereocenters. The van der Waals surface area contributed by atoms with E-state index in [-0.39, 0.29) is 12.1 Å². The van der Waals surface area contributed by atoms with E-state index in [4.69, 9.17) is 9.47 Å². The minimum atomic E-state index is -0.436. The number of hydrogen-bond donors (Lipinski definition) is 1. The van der Waals surface area contributed by atoms with Crippen LogP contribution in [0.4, 0.5) is 4.79 Å². The zero-order valence-corrected chi connectivity index (χ0v) is 12.0. The number of carbonyl (C=O) groups excluding carboxylic acids is 1. The van der Waals surface area contributed by atoms with Crippen LogP contribution in [-0.4, -0.2) is 56.0 Å². The van der Waals surface area contributed by atoms with Crippen LogP contribution in [0.25, 0.3) is 0 Å². The number of methoxy groups -OCH3 is 1. The molecule has 0 spiro atoms. The van der Waals surface area contributed by atoms with E-state index in [9.17, 15) is 4.79 Å². The predicted octanol–water partition coefficient (Wildman–Crippen LogP) is 1.62. The van der Waals surface area contributed by atoms with Gasteiger partial charge in [-0.15, -0.1) is 0 Å². The van der Waals surface area contributed by atoms with Crippen LogP contribution >= 0.6 is 0 Å². The number of piperidine rings is 1. The number of carbonyl (C=O) groups is 1. The number of nitrogens with one attached hydrogen (secondary N) is 1. The summed E-state index contributed by atoms with van der Waals surface area (Å²) in [4.78, 5) is 14.0. The molecule has 0 aromatic heterocycles. The van der Waals surface area contributed by atoms with Crippen LogP contribution in [0.1, 0.15) is 33.6 Å². The van der Waals surface area contributed by atoms with Crippen molar-refractivity contribution in [3.63, 3.8) is 0 Å². The first-order chi connectivity index (χ1) is 8.40. The largest absolute Gasteiger partial charge is 0.444 e. The molecule has 1 saturated heterocycles. The highest BCUT2D eigenvalue weighted by molar-refractivity contribution is 5.68. The fourth-order valence-electron chi connectivity index (χ4n) is 2.07. The molecule has 0 aromatic carbocycles. The lowest BCUT2D eigenvalue weighted by molar-refractivity contribution is 0.0463. The summed E-state index contributed by atoms with van der Waals surface area (Å²) >= 11 is 0. The van der Waals surface area contributed by atoms with Gasteiger partial charge in [0, 0.05) is 26.2 Å². The van der Waals surface area contributed by atoms with Gasteiger partial charge in [-0.2, -0.15) is 0 Å². The molecule has 0 saturated carbocycles. The number of hydrogen-bond acceptors (Lipinski definition) is 4. The highest BCUT2D eigenvalue weighted by Gasteiger charge is 2.23. The minimum Gasteiger partial charge on any atom is -0.444 e. The van der Waals surface area contributed by atoms with Gasteiger partial charge in [-0.05, 0) is 40.2 Å². The molecule has 0 aliphatic carbocycles. The van der Waals surface area contributed by atoms with E-state index in [0.717, 1.165) is 39.1 Å². The van der Waals surface area contributed by atoms with Crippen LogP contribution in [-0.2, 0) is 9.47 Å². The van der Waals surface area contributed by atoms with Crippen molar-refractivity contribution in [2.45, 2.75) is 45.3 Å². The fraction of sp³-hybridized carbons (Fsp3) is 0.923. The Labute approximate surface area is 110 Å². The summed E-state index contributed by atoms with van der Waals surface area (Å²) in [6.45, 7) is 9.23. The van der Waals surface area contributed by atoms with Crippen molar-refractivity contribution in [1.82, 2.24) is 10.2 Å². The van der Waals surface area contributed by atoms with Gasteiger partial charge in [0.25, 0.3) is 0 Å². The summed E-state index contributed by atoms with van der Waals surface area (Å²) in [5.74, 6) is 0. The summed E-state index contributed by atoms with van der Waals surface area (Å²) in [7, 11) is 1.71. The first kappa shape index (κ1) is 15.2. The molecule has 1 rings (SSSR count). The van der Waals surface area contributed by atoms with Gasteiger partial charge in [-0.3, -0.25) is 4.90 Å². The molecule has 106 valence electrons. The second-order valence-electron chi connectivity index (χ2n) is 5.78. The van der Waals surface area contributed by atoms with Crippen molar-refractivity contribution >= 4 is 6.09 Å². The van der Waals surface area contributed by atoms with Crippen molar-refractivity contribution in [3.8, 4) is 0 Å². The molecular weight excluding hydrogens is 232 g/mol. The molecule has 1 unspecified atom stereocenters. The van der Waals surface area contributed by atoms with E-state index in [0.29, 0.717) is 0 Å². The second-order valence-corrected chi connectivity index (χ2v) is 5.78. The summed E-state index contributed by atoms with van der Waals surface area (Å²) in [6, 6.07) is 0.186. The zero-order chi connectivity index (χ0) is 13.6. The summed E-state index contributed by atoms with van der Waals surface area (Å²) in [6.07, 6.45) is 1.80. The van der Waals surface area contributed by atoms with Crippen LogP contribution in [0.15, 0.2) is 0 Å². The van der Waals surface area contributed by atoms with E-state index in [2.05, 4.69) is 10.2 Å². The Morgan fingerprint density at radius 2 is 2.17 bits per heavy atom. The lowest BCUT2D eigenvalue weighted by atomic mass is 10.1. The molecule has 1 aliphatic rings. The molecule has 0 aromatic rings. The van der Waals surface area contributed by atoms with Gasteiger partial charge < -0.3 is 14.8 Å². The molecular formula is C13H26N2O3. The summed E-state index contributed by atoms with van der Waals surface area (Å²) < 4.78 is 10.3. The number of ether oxygens (including phenoxy) is 2. The van der Waals surface area contributed by atoms with E-state index in [1.807, 2.05) is 20.8 Å². The molecule has 5 heteroatoms. The van der Waals surface area contributed by atoms with Crippen molar-refractivity contribution in [3.05, 3.63) is 0 Å². The SMILES string of the molecule is COCCN1CCCC(NC(=O)OC(C)(C)C)C1. The molecule has 1 amide bonds. The average Bonchev–Trinajstić information content (AvgIpc) is 2.24. The lowest BCUT2D eigenvalue weighted by Crippen LogP contribution is -2.49. The molecule has 0 radical (unpaired) electrons. The van der Waals surface area contributed by atoms with E-state index < -0.39 is 5.60 Å². The Morgan fingerprint density at radius 1 is 1.44 bits per heavy atom. The standard InChI is InChI=1S/C13H26N2O3/c1-13(2,3)18-12(16)14-11-6-5-7-15(10-11)8-9-17-4/h11H,5-10H2,1-4H3,(H,14,16). The van der Waals surface area contributed by atoms with Crippen molar-refractivity contribution in [2.75, 3.05) is 33.4 Å². The number of likely N-dealkylation sites (tertiary alicyclic amines) is 1. The van der Waals surface area contributed by atoms with Crippen LogP contribution < -0.4 is 5.32 Å². The third kappa shape index (κ3) is 6.21. The van der Waals surface area contributed by atoms with Crippen molar-refractivity contribution in [1.29, 1.82) is 0 Å². The first-order valence-corrected chi connectivity index (χ1v) is 6.61. The van der Waals surface area contributed by atoms with Gasteiger partial charge in [0.2, 0.25) is 0 Å². The molecule has 5 nitrogen and oxygen atoms in total. The van der Waals surface area contributed by atoms with E-state index in [1.165, 1.54) is 0 Å². The molecule has 18 heavy (non-hydrogen) atoms.